The van der Waals surface area contributed by atoms with Gasteiger partial charge in [-0.1, -0.05) is 0 Å². The molecule has 0 spiro atoms. The van der Waals surface area contributed by atoms with Crippen LogP contribution in [0.4, 0.5) is 11.5 Å². The van der Waals surface area contributed by atoms with Gasteiger partial charge in [-0.15, -0.1) is 0 Å². The molecule has 2 N–H and O–H groups in total. The molecular weight excluding hydrogens is 250 g/mol. The number of aryl methyl sites for hydroxylation is 1. The summed E-state index contributed by atoms with van der Waals surface area (Å²) in [5, 5.41) is 23.6. The van der Waals surface area contributed by atoms with Crippen molar-refractivity contribution < 1.29 is 14.8 Å². The van der Waals surface area contributed by atoms with E-state index in [0.29, 0.717) is 31.7 Å². The molecule has 2 heterocycles. The van der Waals surface area contributed by atoms with Crippen LogP contribution < -0.4 is 5.32 Å². The number of aliphatic hydroxyl groups is 1. The van der Waals surface area contributed by atoms with E-state index in [9.17, 15) is 15.2 Å². The average molecular weight is 267 g/mol. The van der Waals surface area contributed by atoms with Crippen molar-refractivity contribution in [3.05, 3.63) is 27.9 Å². The van der Waals surface area contributed by atoms with Crippen LogP contribution in [0.2, 0.25) is 0 Å². The molecule has 0 amide bonds. The highest BCUT2D eigenvalue weighted by Crippen LogP contribution is 2.30. The summed E-state index contributed by atoms with van der Waals surface area (Å²) in [7, 11) is 0. The zero-order valence-electron chi connectivity index (χ0n) is 10.8. The van der Waals surface area contributed by atoms with Crippen molar-refractivity contribution in [1.82, 2.24) is 4.98 Å². The van der Waals surface area contributed by atoms with Gasteiger partial charge in [-0.2, -0.15) is 0 Å². The molecule has 1 aliphatic rings. The van der Waals surface area contributed by atoms with E-state index < -0.39 is 10.5 Å². The molecule has 1 aromatic heterocycles. The molecule has 1 fully saturated rings. The van der Waals surface area contributed by atoms with Crippen LogP contribution >= 0.6 is 0 Å². The molecule has 1 aliphatic heterocycles. The molecule has 0 saturated carbocycles. The molecule has 0 atom stereocenters. The van der Waals surface area contributed by atoms with Crippen molar-refractivity contribution in [2.24, 2.45) is 0 Å². The zero-order valence-corrected chi connectivity index (χ0v) is 10.8. The minimum atomic E-state index is -0.593. The Labute approximate surface area is 110 Å². The lowest BCUT2D eigenvalue weighted by Gasteiger charge is -2.36. The number of aliphatic hydroxyl groups excluding tert-OH is 1. The van der Waals surface area contributed by atoms with Crippen molar-refractivity contribution in [3.8, 4) is 0 Å². The number of nitrogens with zero attached hydrogens (tertiary/aromatic N) is 2. The fraction of sp³-hybridized carbons (Fsp3) is 0.583. The molecule has 19 heavy (non-hydrogen) atoms. The van der Waals surface area contributed by atoms with Crippen LogP contribution in [0, 0.1) is 17.0 Å². The van der Waals surface area contributed by atoms with Gasteiger partial charge in [-0.05, 0) is 25.8 Å². The summed E-state index contributed by atoms with van der Waals surface area (Å²) in [4.78, 5) is 14.7. The molecule has 0 bridgehead atoms. The van der Waals surface area contributed by atoms with Crippen molar-refractivity contribution in [2.45, 2.75) is 25.3 Å². The van der Waals surface area contributed by atoms with Crippen LogP contribution in [0.5, 0.6) is 0 Å². The van der Waals surface area contributed by atoms with Gasteiger partial charge in [-0.25, -0.2) is 4.98 Å². The summed E-state index contributed by atoms with van der Waals surface area (Å²) in [5.74, 6) is 0.209. The summed E-state index contributed by atoms with van der Waals surface area (Å²) in [6.45, 7) is 2.70. The van der Waals surface area contributed by atoms with E-state index in [4.69, 9.17) is 4.74 Å². The highest BCUT2D eigenvalue weighted by atomic mass is 16.6. The van der Waals surface area contributed by atoms with Crippen LogP contribution in [0.15, 0.2) is 12.1 Å². The van der Waals surface area contributed by atoms with Gasteiger partial charge in [0.2, 0.25) is 5.82 Å². The molecule has 104 valence electrons. The van der Waals surface area contributed by atoms with Crippen LogP contribution in [-0.2, 0) is 4.74 Å². The lowest BCUT2D eigenvalue weighted by molar-refractivity contribution is -0.384. The molecular formula is C12H17N3O4. The van der Waals surface area contributed by atoms with E-state index in [2.05, 4.69) is 10.3 Å². The number of rotatable bonds is 4. The van der Waals surface area contributed by atoms with Crippen molar-refractivity contribution in [3.63, 3.8) is 0 Å². The number of hydrogen-bond donors (Lipinski definition) is 2. The van der Waals surface area contributed by atoms with Crippen molar-refractivity contribution in [1.29, 1.82) is 0 Å². The van der Waals surface area contributed by atoms with E-state index in [-0.39, 0.29) is 18.1 Å². The lowest BCUT2D eigenvalue weighted by atomic mass is 9.91. The molecule has 2 rings (SSSR count). The average Bonchev–Trinajstić information content (AvgIpc) is 2.39. The molecule has 0 radical (unpaired) electrons. The SMILES string of the molecule is Cc1ccc([N+](=O)[O-])c(NC2(CO)CCOCC2)n1. The van der Waals surface area contributed by atoms with Gasteiger partial charge < -0.3 is 15.2 Å². The predicted octanol–water partition coefficient (Wildman–Crippen LogP) is 1.25. The number of nitro groups is 1. The molecule has 1 aromatic rings. The topological polar surface area (TPSA) is 97.5 Å². The largest absolute Gasteiger partial charge is 0.394 e. The van der Waals surface area contributed by atoms with E-state index in [1.807, 2.05) is 0 Å². The summed E-state index contributed by atoms with van der Waals surface area (Å²) in [6.07, 6.45) is 1.19. The number of pyridine rings is 1. The van der Waals surface area contributed by atoms with Crippen LogP contribution in [0.3, 0.4) is 0 Å². The number of ether oxygens (including phenoxy) is 1. The quantitative estimate of drug-likeness (QED) is 0.629. The molecule has 7 heteroatoms. The Morgan fingerprint density at radius 3 is 2.79 bits per heavy atom. The first kappa shape index (κ1) is 13.7. The highest BCUT2D eigenvalue weighted by molar-refractivity contribution is 5.57. The van der Waals surface area contributed by atoms with Gasteiger partial charge in [0.1, 0.15) is 0 Å². The number of hydrogen-bond acceptors (Lipinski definition) is 6. The summed E-state index contributed by atoms with van der Waals surface area (Å²) in [5.41, 5.74) is 0.0160. The van der Waals surface area contributed by atoms with Gasteiger partial charge in [0.15, 0.2) is 0 Å². The van der Waals surface area contributed by atoms with E-state index in [1.54, 1.807) is 13.0 Å². The normalized spacial score (nSPS) is 18.0. The Kier molecular flexibility index (Phi) is 3.96. The minimum absolute atomic E-state index is 0.0788. The van der Waals surface area contributed by atoms with Gasteiger partial charge in [0.05, 0.1) is 17.1 Å². The predicted molar refractivity (Wildman–Crippen MR) is 69.1 cm³/mol. The number of aromatic nitrogens is 1. The third-order valence-corrected chi connectivity index (χ3v) is 3.35. The maximum Gasteiger partial charge on any atom is 0.311 e. The molecule has 7 nitrogen and oxygen atoms in total. The monoisotopic (exact) mass is 267 g/mol. The smallest absolute Gasteiger partial charge is 0.311 e. The minimum Gasteiger partial charge on any atom is -0.394 e. The second-order valence-electron chi connectivity index (χ2n) is 4.75. The second-order valence-corrected chi connectivity index (χ2v) is 4.75. The van der Waals surface area contributed by atoms with Gasteiger partial charge in [0, 0.05) is 25.0 Å². The molecule has 0 aliphatic carbocycles. The Hall–Kier alpha value is -1.73. The first-order chi connectivity index (χ1) is 9.06. The van der Waals surface area contributed by atoms with Crippen LogP contribution in [0.25, 0.3) is 0 Å². The first-order valence-electron chi connectivity index (χ1n) is 6.15. The lowest BCUT2D eigenvalue weighted by Crippen LogP contribution is -2.47. The third kappa shape index (κ3) is 2.99. The third-order valence-electron chi connectivity index (χ3n) is 3.35. The standard InChI is InChI=1S/C12H17N3O4/c1-9-2-3-10(15(17)18)11(13-9)14-12(8-16)4-6-19-7-5-12/h2-3,16H,4-8H2,1H3,(H,13,14). The van der Waals surface area contributed by atoms with Gasteiger partial charge in [-0.3, -0.25) is 10.1 Å². The fourth-order valence-corrected chi connectivity index (χ4v) is 2.12. The first-order valence-corrected chi connectivity index (χ1v) is 6.15. The Balaban J connectivity index is 2.30. The summed E-state index contributed by atoms with van der Waals surface area (Å²) in [6, 6.07) is 3.02. The number of nitrogens with one attached hydrogen (secondary N) is 1. The Morgan fingerprint density at radius 1 is 1.53 bits per heavy atom. The maximum absolute atomic E-state index is 11.0. The van der Waals surface area contributed by atoms with Crippen LogP contribution in [-0.4, -0.2) is 40.4 Å². The maximum atomic E-state index is 11.0. The van der Waals surface area contributed by atoms with Crippen LogP contribution in [0.1, 0.15) is 18.5 Å². The van der Waals surface area contributed by atoms with Crippen molar-refractivity contribution >= 4 is 11.5 Å². The van der Waals surface area contributed by atoms with E-state index in [0.717, 1.165) is 0 Å². The Bertz CT molecular complexity index is 472. The zero-order chi connectivity index (χ0) is 13.9. The number of anilines is 1. The fourth-order valence-electron chi connectivity index (χ4n) is 2.12. The molecule has 1 saturated heterocycles. The highest BCUT2D eigenvalue weighted by Gasteiger charge is 2.34. The molecule has 0 unspecified atom stereocenters. The molecule has 0 aromatic carbocycles. The van der Waals surface area contributed by atoms with Gasteiger partial charge >= 0.3 is 5.69 Å². The van der Waals surface area contributed by atoms with E-state index in [1.165, 1.54) is 6.07 Å². The summed E-state index contributed by atoms with van der Waals surface area (Å²) < 4.78 is 5.26. The van der Waals surface area contributed by atoms with Gasteiger partial charge in [0.25, 0.3) is 0 Å². The Morgan fingerprint density at radius 2 is 2.21 bits per heavy atom. The van der Waals surface area contributed by atoms with E-state index >= 15 is 0 Å². The second kappa shape index (κ2) is 5.50. The van der Waals surface area contributed by atoms with Crippen molar-refractivity contribution in [2.75, 3.05) is 25.1 Å². The summed E-state index contributed by atoms with van der Waals surface area (Å²) >= 11 is 0.